The fourth-order valence-electron chi connectivity index (χ4n) is 2.66. The van der Waals surface area contributed by atoms with Gasteiger partial charge in [0.15, 0.2) is 5.58 Å². The van der Waals surface area contributed by atoms with E-state index in [1.54, 1.807) is 17.0 Å². The first-order valence-corrected chi connectivity index (χ1v) is 8.43. The molecule has 2 aromatic heterocycles. The Kier molecular flexibility index (Phi) is 4.75. The number of fused-ring (bicyclic) bond motifs is 1. The summed E-state index contributed by atoms with van der Waals surface area (Å²) >= 11 is 5.87. The highest BCUT2D eigenvalue weighted by Gasteiger charge is 2.34. The second-order valence-corrected chi connectivity index (χ2v) is 7.30. The second-order valence-electron chi connectivity index (χ2n) is 6.91. The van der Waals surface area contributed by atoms with Crippen LogP contribution >= 0.6 is 11.6 Å². The van der Waals surface area contributed by atoms with Gasteiger partial charge in [0.1, 0.15) is 10.8 Å². The average Bonchev–Trinajstić information content (AvgIpc) is 2.95. The van der Waals surface area contributed by atoms with Gasteiger partial charge in [-0.15, -0.1) is 0 Å². The maximum Gasteiger partial charge on any atom is 0.410 e. The van der Waals surface area contributed by atoms with Crippen molar-refractivity contribution in [3.63, 3.8) is 0 Å². The number of carbonyl (C=O) groups excluding carboxylic acids is 1. The maximum atomic E-state index is 12.2. The summed E-state index contributed by atoms with van der Waals surface area (Å²) in [6.45, 7) is 6.54. The molecule has 1 saturated heterocycles. The Labute approximate surface area is 150 Å². The van der Waals surface area contributed by atoms with Crippen LogP contribution in [0.3, 0.4) is 0 Å². The lowest BCUT2D eigenvalue weighted by molar-refractivity contribution is 0.0194. The minimum absolute atomic E-state index is 0.147. The van der Waals surface area contributed by atoms with Crippen LogP contribution in [0.2, 0.25) is 5.15 Å². The van der Waals surface area contributed by atoms with Crippen molar-refractivity contribution in [1.29, 1.82) is 0 Å². The van der Waals surface area contributed by atoms with E-state index in [-0.39, 0.29) is 12.6 Å². The molecule has 1 amide bonds. The van der Waals surface area contributed by atoms with Crippen LogP contribution in [-0.4, -0.2) is 64.0 Å². The third-order valence-electron chi connectivity index (χ3n) is 3.80. The number of pyridine rings is 1. The maximum absolute atomic E-state index is 12.2. The van der Waals surface area contributed by atoms with Gasteiger partial charge < -0.3 is 24.1 Å². The van der Waals surface area contributed by atoms with Gasteiger partial charge >= 0.3 is 6.09 Å². The predicted octanol–water partition coefficient (Wildman–Crippen LogP) is 2.29. The van der Waals surface area contributed by atoms with E-state index in [0.29, 0.717) is 42.0 Å². The van der Waals surface area contributed by atoms with Gasteiger partial charge in [-0.3, -0.25) is 0 Å². The van der Waals surface area contributed by atoms with Crippen LogP contribution in [-0.2, 0) is 4.74 Å². The number of piperazine rings is 1. The number of aliphatic hydroxyl groups is 1. The average molecular weight is 369 g/mol. The molecular weight excluding hydrogens is 348 g/mol. The summed E-state index contributed by atoms with van der Waals surface area (Å²) in [5.41, 5.74) is 0.369. The molecule has 0 spiro atoms. The first-order chi connectivity index (χ1) is 11.8. The van der Waals surface area contributed by atoms with Gasteiger partial charge in [-0.25, -0.2) is 9.78 Å². The molecule has 2 aromatic rings. The van der Waals surface area contributed by atoms with Gasteiger partial charge in [-0.2, -0.15) is 4.98 Å². The van der Waals surface area contributed by atoms with Crippen molar-refractivity contribution in [2.45, 2.75) is 32.4 Å². The number of nitrogens with zero attached hydrogens (tertiary/aromatic N) is 4. The van der Waals surface area contributed by atoms with Gasteiger partial charge in [0, 0.05) is 19.6 Å². The van der Waals surface area contributed by atoms with E-state index in [4.69, 9.17) is 20.8 Å². The number of hydrogen-bond donors (Lipinski definition) is 1. The molecule has 0 aromatic carbocycles. The molecule has 25 heavy (non-hydrogen) atoms. The fourth-order valence-corrected chi connectivity index (χ4v) is 2.81. The van der Waals surface area contributed by atoms with Gasteiger partial charge in [0.2, 0.25) is 5.65 Å². The Bertz CT molecular complexity index is 773. The highest BCUT2D eigenvalue weighted by atomic mass is 35.5. The lowest BCUT2D eigenvalue weighted by Crippen LogP contribution is -2.57. The molecule has 1 unspecified atom stereocenters. The summed E-state index contributed by atoms with van der Waals surface area (Å²) in [5, 5.41) is 10.1. The number of aromatic nitrogens is 2. The van der Waals surface area contributed by atoms with Crippen molar-refractivity contribution in [2.75, 3.05) is 31.1 Å². The van der Waals surface area contributed by atoms with Crippen LogP contribution in [0, 0.1) is 0 Å². The normalized spacial score (nSPS) is 18.7. The Balaban J connectivity index is 1.76. The van der Waals surface area contributed by atoms with Crippen LogP contribution in [0.25, 0.3) is 11.2 Å². The molecule has 3 rings (SSSR count). The zero-order valence-electron chi connectivity index (χ0n) is 14.4. The molecule has 1 aliphatic rings. The van der Waals surface area contributed by atoms with E-state index in [0.717, 1.165) is 0 Å². The monoisotopic (exact) mass is 368 g/mol. The molecule has 1 N–H and O–H groups in total. The molecule has 9 heteroatoms. The molecule has 8 nitrogen and oxygen atoms in total. The zero-order valence-corrected chi connectivity index (χ0v) is 15.2. The lowest BCUT2D eigenvalue weighted by atomic mass is 10.2. The molecule has 0 bridgehead atoms. The van der Waals surface area contributed by atoms with Crippen molar-refractivity contribution in [3.8, 4) is 0 Å². The highest BCUT2D eigenvalue weighted by Crippen LogP contribution is 2.25. The van der Waals surface area contributed by atoms with Crippen LogP contribution < -0.4 is 4.90 Å². The minimum Gasteiger partial charge on any atom is -0.444 e. The number of carbonyl (C=O) groups is 1. The lowest BCUT2D eigenvalue weighted by Gasteiger charge is -2.40. The topological polar surface area (TPSA) is 91.9 Å². The molecule has 0 saturated carbocycles. The van der Waals surface area contributed by atoms with Crippen molar-refractivity contribution >= 4 is 34.9 Å². The first-order valence-electron chi connectivity index (χ1n) is 8.05. The van der Waals surface area contributed by atoms with Gasteiger partial charge in [0.25, 0.3) is 6.01 Å². The zero-order chi connectivity index (χ0) is 18.2. The standard InChI is InChI=1S/C16H21ClN4O4/c1-16(2,3)25-15(23)20-6-7-21(10(8-20)9-22)14-19-13-11(24-14)4-5-12(17)18-13/h4-5,10,22H,6-9H2,1-3H3. The molecule has 1 aliphatic heterocycles. The first kappa shape index (κ1) is 17.8. The number of hydrogen-bond acceptors (Lipinski definition) is 7. The number of rotatable bonds is 2. The minimum atomic E-state index is -0.561. The summed E-state index contributed by atoms with van der Waals surface area (Å²) in [5.74, 6) is 0. The molecule has 1 fully saturated rings. The highest BCUT2D eigenvalue weighted by molar-refractivity contribution is 6.29. The van der Waals surface area contributed by atoms with Crippen molar-refractivity contribution < 1.29 is 19.1 Å². The van der Waals surface area contributed by atoms with Crippen LogP contribution in [0.15, 0.2) is 16.5 Å². The summed E-state index contributed by atoms with van der Waals surface area (Å²) in [4.78, 5) is 24.1. The quantitative estimate of drug-likeness (QED) is 0.813. The molecule has 0 aliphatic carbocycles. The number of aliphatic hydroxyl groups excluding tert-OH is 1. The Hall–Kier alpha value is -2.06. The van der Waals surface area contributed by atoms with Crippen LogP contribution in [0.1, 0.15) is 20.8 Å². The van der Waals surface area contributed by atoms with Gasteiger partial charge in [-0.1, -0.05) is 11.6 Å². The smallest absolute Gasteiger partial charge is 0.410 e. The third-order valence-corrected chi connectivity index (χ3v) is 4.01. The number of ether oxygens (including phenoxy) is 1. The van der Waals surface area contributed by atoms with Crippen molar-refractivity contribution in [1.82, 2.24) is 14.9 Å². The summed E-state index contributed by atoms with van der Waals surface area (Å²) < 4.78 is 11.1. The van der Waals surface area contributed by atoms with E-state index in [2.05, 4.69) is 9.97 Å². The van der Waals surface area contributed by atoms with Crippen LogP contribution in [0.5, 0.6) is 0 Å². The van der Waals surface area contributed by atoms with Crippen molar-refractivity contribution in [3.05, 3.63) is 17.3 Å². The fraction of sp³-hybridized carbons (Fsp3) is 0.562. The van der Waals surface area contributed by atoms with E-state index in [1.165, 1.54) is 0 Å². The Morgan fingerprint density at radius 3 is 2.84 bits per heavy atom. The Morgan fingerprint density at radius 1 is 1.40 bits per heavy atom. The number of oxazole rings is 1. The van der Waals surface area contributed by atoms with E-state index >= 15 is 0 Å². The largest absolute Gasteiger partial charge is 0.444 e. The number of halogens is 1. The predicted molar refractivity (Wildman–Crippen MR) is 92.8 cm³/mol. The summed E-state index contributed by atoms with van der Waals surface area (Å²) in [6.07, 6.45) is -0.392. The third kappa shape index (κ3) is 3.96. The van der Waals surface area contributed by atoms with E-state index in [1.807, 2.05) is 25.7 Å². The summed E-state index contributed by atoms with van der Waals surface area (Å²) in [6, 6.07) is 3.34. The van der Waals surface area contributed by atoms with E-state index < -0.39 is 11.7 Å². The molecule has 1 atom stereocenters. The molecular formula is C16H21ClN4O4. The molecule has 3 heterocycles. The SMILES string of the molecule is CC(C)(C)OC(=O)N1CCN(c2nc3nc(Cl)ccc3o2)C(CO)C1. The summed E-state index contributed by atoms with van der Waals surface area (Å²) in [7, 11) is 0. The van der Waals surface area contributed by atoms with Gasteiger partial charge in [0.05, 0.1) is 12.6 Å². The van der Waals surface area contributed by atoms with Crippen LogP contribution in [0.4, 0.5) is 10.8 Å². The second kappa shape index (κ2) is 6.68. The van der Waals surface area contributed by atoms with Crippen molar-refractivity contribution in [2.24, 2.45) is 0 Å². The number of anilines is 1. The molecule has 0 radical (unpaired) electrons. The molecule has 136 valence electrons. The Morgan fingerprint density at radius 2 is 2.16 bits per heavy atom. The number of amides is 1. The van der Waals surface area contributed by atoms with E-state index in [9.17, 15) is 9.90 Å². The van der Waals surface area contributed by atoms with Gasteiger partial charge in [-0.05, 0) is 32.9 Å².